The largest absolute Gasteiger partial charge is 0.369 e. The number of amides is 1. The van der Waals surface area contributed by atoms with Crippen molar-refractivity contribution in [3.05, 3.63) is 95.3 Å². The van der Waals surface area contributed by atoms with Crippen LogP contribution in [0.5, 0.6) is 0 Å². The van der Waals surface area contributed by atoms with E-state index in [9.17, 15) is 14.4 Å². The van der Waals surface area contributed by atoms with Gasteiger partial charge in [0, 0.05) is 31.5 Å². The predicted octanol–water partition coefficient (Wildman–Crippen LogP) is 3.16. The van der Waals surface area contributed by atoms with E-state index >= 15 is 0 Å². The summed E-state index contributed by atoms with van der Waals surface area (Å²) in [6.07, 6.45) is 5.32. The van der Waals surface area contributed by atoms with Gasteiger partial charge in [-0.15, -0.1) is 0 Å². The van der Waals surface area contributed by atoms with Gasteiger partial charge < -0.3 is 11.1 Å². The van der Waals surface area contributed by atoms with Gasteiger partial charge in [-0.25, -0.2) is 9.37 Å². The standard InChI is InChI=1S/C25H22FN7O/c1-33-22(13-27)20(15-31-33)21-8-7-19(23(24(28)34)17-5-3-10-29-14-17)25(32-21)30-11-9-16-4-2-6-18(26)12-16/h2-8,10,12,14-15,23H,9,11H2,1H3,(H2,28,34)(H,30,32). The van der Waals surface area contributed by atoms with Gasteiger partial charge in [-0.2, -0.15) is 10.4 Å². The fourth-order valence-corrected chi connectivity index (χ4v) is 3.81. The van der Waals surface area contributed by atoms with Gasteiger partial charge in [0.25, 0.3) is 0 Å². The maximum absolute atomic E-state index is 13.6. The van der Waals surface area contributed by atoms with Crippen molar-refractivity contribution in [2.45, 2.75) is 12.3 Å². The molecule has 3 aromatic heterocycles. The summed E-state index contributed by atoms with van der Waals surface area (Å²) in [6, 6.07) is 15.5. The number of rotatable bonds is 8. The molecule has 1 amide bonds. The van der Waals surface area contributed by atoms with E-state index in [0.29, 0.717) is 46.9 Å². The van der Waals surface area contributed by atoms with Crippen molar-refractivity contribution >= 4 is 11.7 Å². The predicted molar refractivity (Wildman–Crippen MR) is 125 cm³/mol. The Morgan fingerprint density at radius 1 is 1.24 bits per heavy atom. The number of carbonyl (C=O) groups excluding carboxylic acids is 1. The number of nitrogens with zero attached hydrogens (tertiary/aromatic N) is 5. The SMILES string of the molecule is Cn1ncc(-c2ccc(C(C(N)=O)c3cccnc3)c(NCCc3cccc(F)c3)n2)c1C#N. The average Bonchev–Trinajstić information content (AvgIpc) is 3.21. The van der Waals surface area contributed by atoms with Crippen LogP contribution in [-0.2, 0) is 18.3 Å². The number of hydrogen-bond acceptors (Lipinski definition) is 6. The van der Waals surface area contributed by atoms with Crippen LogP contribution in [0.15, 0.2) is 67.1 Å². The van der Waals surface area contributed by atoms with Crippen LogP contribution < -0.4 is 11.1 Å². The van der Waals surface area contributed by atoms with E-state index in [4.69, 9.17) is 10.7 Å². The number of benzene rings is 1. The van der Waals surface area contributed by atoms with E-state index < -0.39 is 11.8 Å². The molecule has 0 aliphatic heterocycles. The minimum Gasteiger partial charge on any atom is -0.369 e. The number of pyridine rings is 2. The number of carbonyl (C=O) groups is 1. The molecular weight excluding hydrogens is 433 g/mol. The Balaban J connectivity index is 1.73. The zero-order valence-corrected chi connectivity index (χ0v) is 18.4. The molecule has 4 rings (SSSR count). The van der Waals surface area contributed by atoms with Gasteiger partial charge in [-0.1, -0.05) is 24.3 Å². The van der Waals surface area contributed by atoms with Crippen LogP contribution in [0.4, 0.5) is 10.2 Å². The Kier molecular flexibility index (Phi) is 6.59. The first-order chi connectivity index (χ1) is 16.5. The highest BCUT2D eigenvalue weighted by atomic mass is 19.1. The summed E-state index contributed by atoms with van der Waals surface area (Å²) in [6.45, 7) is 0.434. The Bertz CT molecular complexity index is 1360. The first-order valence-corrected chi connectivity index (χ1v) is 10.6. The Morgan fingerprint density at radius 2 is 2.09 bits per heavy atom. The minimum absolute atomic E-state index is 0.302. The number of aromatic nitrogens is 4. The molecule has 170 valence electrons. The van der Waals surface area contributed by atoms with Crippen molar-refractivity contribution < 1.29 is 9.18 Å². The van der Waals surface area contributed by atoms with E-state index in [-0.39, 0.29) is 5.82 Å². The van der Waals surface area contributed by atoms with Crippen LogP contribution >= 0.6 is 0 Å². The molecule has 0 saturated carbocycles. The molecule has 9 heteroatoms. The maximum atomic E-state index is 13.6. The molecule has 3 heterocycles. The Labute approximate surface area is 195 Å². The topological polar surface area (TPSA) is 123 Å². The third-order valence-corrected chi connectivity index (χ3v) is 5.46. The minimum atomic E-state index is -0.781. The lowest BCUT2D eigenvalue weighted by Crippen LogP contribution is -2.24. The molecule has 0 aliphatic rings. The summed E-state index contributed by atoms with van der Waals surface area (Å²) in [5.41, 5.74) is 9.28. The van der Waals surface area contributed by atoms with Gasteiger partial charge in [-0.3, -0.25) is 14.5 Å². The number of nitriles is 1. The van der Waals surface area contributed by atoms with E-state index in [2.05, 4.69) is 21.5 Å². The lowest BCUT2D eigenvalue weighted by molar-refractivity contribution is -0.118. The lowest BCUT2D eigenvalue weighted by atomic mass is 9.91. The molecule has 8 nitrogen and oxygen atoms in total. The van der Waals surface area contributed by atoms with Crippen LogP contribution in [0.25, 0.3) is 11.3 Å². The number of nitrogens with two attached hydrogens (primary N) is 1. The van der Waals surface area contributed by atoms with Crippen molar-refractivity contribution in [2.24, 2.45) is 12.8 Å². The molecule has 0 fully saturated rings. The first kappa shape index (κ1) is 22.6. The van der Waals surface area contributed by atoms with Crippen LogP contribution in [0.2, 0.25) is 0 Å². The summed E-state index contributed by atoms with van der Waals surface area (Å²) in [7, 11) is 1.68. The molecule has 0 bridgehead atoms. The van der Waals surface area contributed by atoms with Crippen LogP contribution in [0.1, 0.15) is 28.3 Å². The fraction of sp³-hybridized carbons (Fsp3) is 0.160. The molecule has 0 spiro atoms. The molecule has 1 atom stereocenters. The molecule has 1 aromatic carbocycles. The van der Waals surface area contributed by atoms with Gasteiger partial charge in [0.15, 0.2) is 0 Å². The number of halogens is 1. The Hall–Kier alpha value is -4.58. The van der Waals surface area contributed by atoms with Gasteiger partial charge in [0.1, 0.15) is 23.4 Å². The summed E-state index contributed by atoms with van der Waals surface area (Å²) < 4.78 is 15.0. The van der Waals surface area contributed by atoms with Crippen molar-refractivity contribution in [2.75, 3.05) is 11.9 Å². The van der Waals surface area contributed by atoms with Gasteiger partial charge in [-0.05, 0) is 41.8 Å². The number of anilines is 1. The first-order valence-electron chi connectivity index (χ1n) is 10.6. The van der Waals surface area contributed by atoms with Gasteiger partial charge in [0.2, 0.25) is 5.91 Å². The highest BCUT2D eigenvalue weighted by Crippen LogP contribution is 2.32. The normalized spacial score (nSPS) is 11.6. The molecular formula is C25H22FN7O. The summed E-state index contributed by atoms with van der Waals surface area (Å²) >= 11 is 0. The number of nitrogens with one attached hydrogen (secondary N) is 1. The Morgan fingerprint density at radius 3 is 2.79 bits per heavy atom. The van der Waals surface area contributed by atoms with Crippen molar-refractivity contribution in [3.63, 3.8) is 0 Å². The van der Waals surface area contributed by atoms with E-state index in [1.54, 1.807) is 56.0 Å². The molecule has 4 aromatic rings. The number of primary amides is 1. The van der Waals surface area contributed by atoms with Crippen LogP contribution in [0, 0.1) is 17.1 Å². The fourth-order valence-electron chi connectivity index (χ4n) is 3.81. The molecule has 3 N–H and O–H groups in total. The second kappa shape index (κ2) is 9.92. The average molecular weight is 455 g/mol. The maximum Gasteiger partial charge on any atom is 0.229 e. The van der Waals surface area contributed by atoms with E-state index in [1.807, 2.05) is 6.07 Å². The second-order valence-electron chi connectivity index (χ2n) is 7.71. The van der Waals surface area contributed by atoms with E-state index in [0.717, 1.165) is 5.56 Å². The monoisotopic (exact) mass is 455 g/mol. The molecule has 34 heavy (non-hydrogen) atoms. The number of aryl methyl sites for hydroxylation is 1. The van der Waals surface area contributed by atoms with Crippen molar-refractivity contribution in [1.82, 2.24) is 19.7 Å². The summed E-state index contributed by atoms with van der Waals surface area (Å²) in [4.78, 5) is 21.3. The smallest absolute Gasteiger partial charge is 0.229 e. The zero-order valence-electron chi connectivity index (χ0n) is 18.4. The zero-order chi connectivity index (χ0) is 24.1. The summed E-state index contributed by atoms with van der Waals surface area (Å²) in [5, 5.41) is 16.9. The highest BCUT2D eigenvalue weighted by molar-refractivity contribution is 5.87. The van der Waals surface area contributed by atoms with Crippen molar-refractivity contribution in [1.29, 1.82) is 5.26 Å². The third kappa shape index (κ3) is 4.76. The van der Waals surface area contributed by atoms with Crippen LogP contribution in [-0.4, -0.2) is 32.2 Å². The molecule has 1 unspecified atom stereocenters. The third-order valence-electron chi connectivity index (χ3n) is 5.46. The quantitative estimate of drug-likeness (QED) is 0.421. The molecule has 0 aliphatic carbocycles. The van der Waals surface area contributed by atoms with E-state index in [1.165, 1.54) is 16.8 Å². The second-order valence-corrected chi connectivity index (χ2v) is 7.71. The van der Waals surface area contributed by atoms with Gasteiger partial charge >= 0.3 is 0 Å². The lowest BCUT2D eigenvalue weighted by Gasteiger charge is -2.19. The van der Waals surface area contributed by atoms with Gasteiger partial charge in [0.05, 0.1) is 23.4 Å². The number of hydrogen-bond donors (Lipinski definition) is 2. The van der Waals surface area contributed by atoms with Crippen molar-refractivity contribution in [3.8, 4) is 17.3 Å². The van der Waals surface area contributed by atoms with Crippen LogP contribution in [0.3, 0.4) is 0 Å². The highest BCUT2D eigenvalue weighted by Gasteiger charge is 2.25. The molecule has 0 saturated heterocycles. The summed E-state index contributed by atoms with van der Waals surface area (Å²) in [5.74, 6) is -1.19. The molecule has 0 radical (unpaired) electrons.